The lowest BCUT2D eigenvalue weighted by molar-refractivity contribution is -0.115. The second-order valence-electron chi connectivity index (χ2n) is 7.24. The number of nitrogens with one attached hydrogen (secondary N) is 1. The highest BCUT2D eigenvalue weighted by atomic mass is 16.2. The summed E-state index contributed by atoms with van der Waals surface area (Å²) >= 11 is 0. The Morgan fingerprint density at radius 1 is 0.962 bits per heavy atom. The monoisotopic (exact) mass is 351 g/mol. The van der Waals surface area contributed by atoms with Crippen LogP contribution in [0.5, 0.6) is 0 Å². The van der Waals surface area contributed by atoms with Gasteiger partial charge in [-0.05, 0) is 41.7 Å². The topological polar surface area (TPSA) is 56.0 Å². The third kappa shape index (κ3) is 3.72. The molecule has 3 rings (SSSR count). The van der Waals surface area contributed by atoms with Crippen LogP contribution in [0.25, 0.3) is 11.0 Å². The number of hydrogen-bond donors (Lipinski definition) is 1. The van der Waals surface area contributed by atoms with Gasteiger partial charge in [0.25, 0.3) is 0 Å². The first-order chi connectivity index (χ1) is 12.3. The zero-order valence-electron chi connectivity index (χ0n) is 15.7. The SMILES string of the molecule is CC(C)Cc1ccc(CC(=O)Nc2ccc3c(c2)n(C)c(=O)n3C)cc1. The molecule has 5 heteroatoms. The number of nitrogens with zero attached hydrogens (tertiary/aromatic N) is 2. The van der Waals surface area contributed by atoms with Crippen molar-refractivity contribution in [1.82, 2.24) is 9.13 Å². The van der Waals surface area contributed by atoms with Crippen molar-refractivity contribution in [2.24, 2.45) is 20.0 Å². The molecule has 0 bridgehead atoms. The molecule has 0 fully saturated rings. The molecule has 1 aromatic heterocycles. The minimum absolute atomic E-state index is 0.0677. The fraction of sp³-hybridized carbons (Fsp3) is 0.333. The fourth-order valence-corrected chi connectivity index (χ4v) is 3.24. The number of rotatable bonds is 5. The second-order valence-corrected chi connectivity index (χ2v) is 7.24. The van der Waals surface area contributed by atoms with Gasteiger partial charge in [-0.2, -0.15) is 0 Å². The lowest BCUT2D eigenvalue weighted by atomic mass is 10.0. The van der Waals surface area contributed by atoms with Crippen LogP contribution >= 0.6 is 0 Å². The van der Waals surface area contributed by atoms with Crippen molar-refractivity contribution in [3.05, 3.63) is 64.1 Å². The Hall–Kier alpha value is -2.82. The number of fused-ring (bicyclic) bond motifs is 1. The van der Waals surface area contributed by atoms with Gasteiger partial charge in [-0.3, -0.25) is 13.9 Å². The molecule has 3 aromatic rings. The Kier molecular flexibility index (Phi) is 4.98. The minimum atomic E-state index is -0.0787. The molecule has 5 nitrogen and oxygen atoms in total. The van der Waals surface area contributed by atoms with Gasteiger partial charge < -0.3 is 5.32 Å². The third-order valence-electron chi connectivity index (χ3n) is 4.59. The smallest absolute Gasteiger partial charge is 0.326 e. The first-order valence-corrected chi connectivity index (χ1v) is 8.88. The van der Waals surface area contributed by atoms with Gasteiger partial charge in [-0.25, -0.2) is 4.79 Å². The zero-order chi connectivity index (χ0) is 18.8. The van der Waals surface area contributed by atoms with Crippen molar-refractivity contribution in [2.75, 3.05) is 5.32 Å². The Morgan fingerprint density at radius 3 is 2.23 bits per heavy atom. The molecular weight excluding hydrogens is 326 g/mol. The molecule has 1 heterocycles. The van der Waals surface area contributed by atoms with Gasteiger partial charge in [0.15, 0.2) is 0 Å². The summed E-state index contributed by atoms with van der Waals surface area (Å²) in [5.41, 5.74) is 4.54. The van der Waals surface area contributed by atoms with Gasteiger partial charge in [-0.15, -0.1) is 0 Å². The molecule has 0 spiro atoms. The predicted octanol–water partition coefficient (Wildman–Crippen LogP) is 3.26. The van der Waals surface area contributed by atoms with Crippen molar-refractivity contribution in [2.45, 2.75) is 26.7 Å². The van der Waals surface area contributed by atoms with E-state index in [9.17, 15) is 9.59 Å². The number of imidazole rings is 1. The highest BCUT2D eigenvalue weighted by Gasteiger charge is 2.10. The highest BCUT2D eigenvalue weighted by Crippen LogP contribution is 2.18. The zero-order valence-corrected chi connectivity index (χ0v) is 15.7. The minimum Gasteiger partial charge on any atom is -0.326 e. The van der Waals surface area contributed by atoms with Gasteiger partial charge >= 0.3 is 5.69 Å². The van der Waals surface area contributed by atoms with Crippen LogP contribution in [0.3, 0.4) is 0 Å². The van der Waals surface area contributed by atoms with Crippen LogP contribution in [0, 0.1) is 5.92 Å². The molecular formula is C21H25N3O2. The van der Waals surface area contributed by atoms with Crippen LogP contribution in [0.4, 0.5) is 5.69 Å². The quantitative estimate of drug-likeness (QED) is 0.767. The van der Waals surface area contributed by atoms with Crippen molar-refractivity contribution in [1.29, 1.82) is 0 Å². The summed E-state index contributed by atoms with van der Waals surface area (Å²) in [5, 5.41) is 2.92. The molecule has 2 aromatic carbocycles. The first-order valence-electron chi connectivity index (χ1n) is 8.88. The number of aromatic nitrogens is 2. The number of aryl methyl sites for hydroxylation is 2. The van der Waals surface area contributed by atoms with E-state index in [1.807, 2.05) is 30.3 Å². The van der Waals surface area contributed by atoms with E-state index in [1.54, 1.807) is 23.2 Å². The van der Waals surface area contributed by atoms with E-state index in [0.29, 0.717) is 18.0 Å². The second kappa shape index (κ2) is 7.20. The lowest BCUT2D eigenvalue weighted by Gasteiger charge is -2.08. The van der Waals surface area contributed by atoms with Crippen LogP contribution in [0.15, 0.2) is 47.3 Å². The Morgan fingerprint density at radius 2 is 1.58 bits per heavy atom. The lowest BCUT2D eigenvalue weighted by Crippen LogP contribution is -2.19. The van der Waals surface area contributed by atoms with E-state index < -0.39 is 0 Å². The molecule has 0 aliphatic carbocycles. The molecule has 0 saturated heterocycles. The van der Waals surface area contributed by atoms with Crippen molar-refractivity contribution in [3.63, 3.8) is 0 Å². The van der Waals surface area contributed by atoms with E-state index in [2.05, 4.69) is 31.3 Å². The average molecular weight is 351 g/mol. The summed E-state index contributed by atoms with van der Waals surface area (Å²) in [6, 6.07) is 13.7. The van der Waals surface area contributed by atoms with Crippen LogP contribution in [-0.2, 0) is 31.7 Å². The number of carbonyl (C=O) groups is 1. The maximum absolute atomic E-state index is 12.4. The largest absolute Gasteiger partial charge is 0.328 e. The first kappa shape index (κ1) is 18.0. The summed E-state index contributed by atoms with van der Waals surface area (Å²) in [5.74, 6) is 0.551. The van der Waals surface area contributed by atoms with Gasteiger partial charge in [0, 0.05) is 19.8 Å². The van der Waals surface area contributed by atoms with Crippen LogP contribution in [0.2, 0.25) is 0 Å². The number of anilines is 1. The summed E-state index contributed by atoms with van der Waals surface area (Å²) in [7, 11) is 3.47. The van der Waals surface area contributed by atoms with E-state index in [0.717, 1.165) is 23.0 Å². The summed E-state index contributed by atoms with van der Waals surface area (Å²) < 4.78 is 3.18. The average Bonchev–Trinajstić information content (AvgIpc) is 2.80. The standard InChI is InChI=1S/C21H25N3O2/c1-14(2)11-15-5-7-16(8-6-15)12-20(25)22-17-9-10-18-19(13-17)24(4)21(26)23(18)3/h5-10,13-14H,11-12H2,1-4H3,(H,22,25). The van der Waals surface area contributed by atoms with Crippen LogP contribution in [-0.4, -0.2) is 15.0 Å². The molecule has 0 atom stereocenters. The number of amides is 1. The maximum Gasteiger partial charge on any atom is 0.328 e. The highest BCUT2D eigenvalue weighted by molar-refractivity contribution is 5.94. The van der Waals surface area contributed by atoms with Crippen LogP contribution in [0.1, 0.15) is 25.0 Å². The van der Waals surface area contributed by atoms with Gasteiger partial charge in [0.2, 0.25) is 5.91 Å². The fourth-order valence-electron chi connectivity index (χ4n) is 3.24. The Labute approximate surface area is 153 Å². The van der Waals surface area contributed by atoms with Gasteiger partial charge in [0.1, 0.15) is 0 Å². The molecule has 136 valence electrons. The summed E-state index contributed by atoms with van der Waals surface area (Å²) in [4.78, 5) is 24.3. The number of hydrogen-bond acceptors (Lipinski definition) is 2. The molecule has 0 unspecified atom stereocenters. The Balaban J connectivity index is 1.71. The molecule has 26 heavy (non-hydrogen) atoms. The normalized spacial score (nSPS) is 11.3. The van der Waals surface area contributed by atoms with Crippen molar-refractivity contribution >= 4 is 22.6 Å². The van der Waals surface area contributed by atoms with Crippen LogP contribution < -0.4 is 11.0 Å². The van der Waals surface area contributed by atoms with Gasteiger partial charge in [0.05, 0.1) is 17.5 Å². The Bertz CT molecular complexity index is 995. The van der Waals surface area contributed by atoms with E-state index >= 15 is 0 Å². The summed E-state index contributed by atoms with van der Waals surface area (Å²) in [6.45, 7) is 4.39. The van der Waals surface area contributed by atoms with Crippen molar-refractivity contribution in [3.8, 4) is 0 Å². The molecule has 0 radical (unpaired) electrons. The van der Waals surface area contributed by atoms with E-state index in [4.69, 9.17) is 0 Å². The van der Waals surface area contributed by atoms with E-state index in [-0.39, 0.29) is 11.6 Å². The predicted molar refractivity (Wildman–Crippen MR) is 105 cm³/mol. The number of benzene rings is 2. The molecule has 1 N–H and O–H groups in total. The van der Waals surface area contributed by atoms with Crippen molar-refractivity contribution < 1.29 is 4.79 Å². The molecule has 1 amide bonds. The molecule has 0 aliphatic rings. The summed E-state index contributed by atoms with van der Waals surface area (Å²) in [6.07, 6.45) is 1.37. The third-order valence-corrected chi connectivity index (χ3v) is 4.59. The van der Waals surface area contributed by atoms with E-state index in [1.165, 1.54) is 5.56 Å². The maximum atomic E-state index is 12.4. The van der Waals surface area contributed by atoms with Gasteiger partial charge in [-0.1, -0.05) is 38.1 Å². The number of carbonyl (C=O) groups excluding carboxylic acids is 1. The molecule has 0 saturated carbocycles. The molecule has 0 aliphatic heterocycles.